The molecule has 0 aliphatic heterocycles. The van der Waals surface area contributed by atoms with E-state index in [1.807, 2.05) is 18.2 Å². The Kier molecular flexibility index (Phi) is 5.31. The molecule has 0 fully saturated rings. The van der Waals surface area contributed by atoms with Crippen LogP contribution >= 0.6 is 0 Å². The molecule has 0 saturated heterocycles. The number of fused-ring (bicyclic) bond motifs is 1. The van der Waals surface area contributed by atoms with Gasteiger partial charge in [-0.15, -0.1) is 0 Å². The second-order valence-corrected chi connectivity index (χ2v) is 6.72. The number of alkyl halides is 3. The van der Waals surface area contributed by atoms with E-state index in [1.54, 1.807) is 19.1 Å². The number of rotatable bonds is 5. The minimum atomic E-state index is -4.49. The lowest BCUT2D eigenvalue weighted by Crippen LogP contribution is -2.06. The van der Waals surface area contributed by atoms with Gasteiger partial charge in [0, 0.05) is 16.8 Å². The van der Waals surface area contributed by atoms with Gasteiger partial charge in [-0.2, -0.15) is 18.2 Å². The van der Waals surface area contributed by atoms with Crippen LogP contribution in [-0.4, -0.2) is 19.9 Å². The molecule has 4 rings (SSSR count). The Morgan fingerprint density at radius 3 is 2.47 bits per heavy atom. The summed E-state index contributed by atoms with van der Waals surface area (Å²) in [6.07, 6.45) is -3.44. The van der Waals surface area contributed by atoms with E-state index in [-0.39, 0.29) is 23.1 Å². The first-order chi connectivity index (χ1) is 15.2. The highest BCUT2D eigenvalue weighted by Crippen LogP contribution is 2.37. The van der Waals surface area contributed by atoms with Crippen molar-refractivity contribution >= 4 is 28.1 Å². The zero-order valence-electron chi connectivity index (χ0n) is 16.4. The number of nitro groups is 1. The molecule has 2 aromatic heterocycles. The number of pyridine rings is 1. The number of halogens is 3. The molecule has 162 valence electrons. The van der Waals surface area contributed by atoms with E-state index in [2.05, 4.69) is 20.3 Å². The maximum Gasteiger partial charge on any atom is 0.416 e. The highest BCUT2D eigenvalue weighted by molar-refractivity contribution is 5.85. The van der Waals surface area contributed by atoms with Gasteiger partial charge in [-0.1, -0.05) is 18.2 Å². The third-order valence-corrected chi connectivity index (χ3v) is 4.48. The number of hydrogen-bond donors (Lipinski definition) is 1. The predicted molar refractivity (Wildman–Crippen MR) is 110 cm³/mol. The van der Waals surface area contributed by atoms with E-state index in [4.69, 9.17) is 4.74 Å². The maximum atomic E-state index is 12.8. The summed E-state index contributed by atoms with van der Waals surface area (Å²) in [5, 5.41) is 15.2. The van der Waals surface area contributed by atoms with Gasteiger partial charge < -0.3 is 10.1 Å². The standard InChI is InChI=1S/C21H14F3N5O3/c1-12-5-6-13-3-2-4-16(17(13)27-12)32-20-18(29(30)31)19(25-11-26-20)28-15-9-7-14(8-10-15)21(22,23)24/h2-11H,1H3,(H,25,26,28). The second kappa shape index (κ2) is 8.10. The van der Waals surface area contributed by atoms with Gasteiger partial charge in [0.1, 0.15) is 11.8 Å². The molecular weight excluding hydrogens is 427 g/mol. The molecule has 0 atom stereocenters. The number of nitrogens with one attached hydrogen (secondary N) is 1. The van der Waals surface area contributed by atoms with Gasteiger partial charge in [-0.3, -0.25) is 10.1 Å². The van der Waals surface area contributed by atoms with Gasteiger partial charge in [-0.05, 0) is 43.3 Å². The first-order valence-corrected chi connectivity index (χ1v) is 9.20. The van der Waals surface area contributed by atoms with Gasteiger partial charge in [0.2, 0.25) is 5.82 Å². The van der Waals surface area contributed by atoms with Crippen molar-refractivity contribution in [3.05, 3.63) is 82.3 Å². The molecule has 0 aliphatic rings. The predicted octanol–water partition coefficient (Wildman–Crippen LogP) is 5.80. The zero-order chi connectivity index (χ0) is 22.9. The third-order valence-electron chi connectivity index (χ3n) is 4.48. The Morgan fingerprint density at radius 2 is 1.78 bits per heavy atom. The topological polar surface area (TPSA) is 103 Å². The highest BCUT2D eigenvalue weighted by Gasteiger charge is 2.30. The molecule has 11 heteroatoms. The number of hydrogen-bond acceptors (Lipinski definition) is 7. The summed E-state index contributed by atoms with van der Waals surface area (Å²) >= 11 is 0. The SMILES string of the molecule is Cc1ccc2cccc(Oc3ncnc(Nc4ccc(C(F)(F)F)cc4)c3[N+](=O)[O-])c2n1. The van der Waals surface area contributed by atoms with Crippen molar-refractivity contribution in [2.24, 2.45) is 0 Å². The minimum Gasteiger partial charge on any atom is -0.431 e. The second-order valence-electron chi connectivity index (χ2n) is 6.72. The molecule has 32 heavy (non-hydrogen) atoms. The Balaban J connectivity index is 1.70. The minimum absolute atomic E-state index is 0.174. The summed E-state index contributed by atoms with van der Waals surface area (Å²) in [5.74, 6) is -0.312. The zero-order valence-corrected chi connectivity index (χ0v) is 16.4. The molecular formula is C21H14F3N5O3. The van der Waals surface area contributed by atoms with Crippen molar-refractivity contribution in [3.8, 4) is 11.6 Å². The fourth-order valence-electron chi connectivity index (χ4n) is 2.98. The molecule has 4 aromatic rings. The largest absolute Gasteiger partial charge is 0.431 e. The molecule has 0 radical (unpaired) electrons. The summed E-state index contributed by atoms with van der Waals surface area (Å²) in [5.41, 5.74) is -0.0127. The van der Waals surface area contributed by atoms with Crippen LogP contribution in [0.2, 0.25) is 0 Å². The van der Waals surface area contributed by atoms with Crippen molar-refractivity contribution in [1.29, 1.82) is 0 Å². The number of nitrogens with zero attached hydrogens (tertiary/aromatic N) is 4. The van der Waals surface area contributed by atoms with E-state index in [9.17, 15) is 23.3 Å². The van der Waals surface area contributed by atoms with Gasteiger partial charge in [0.05, 0.1) is 10.5 Å². The lowest BCUT2D eigenvalue weighted by atomic mass is 10.2. The first-order valence-electron chi connectivity index (χ1n) is 9.20. The molecule has 0 bridgehead atoms. The summed E-state index contributed by atoms with van der Waals surface area (Å²) in [4.78, 5) is 23.2. The van der Waals surface area contributed by atoms with Crippen LogP contribution in [0.25, 0.3) is 10.9 Å². The Morgan fingerprint density at radius 1 is 1.03 bits per heavy atom. The summed E-state index contributed by atoms with van der Waals surface area (Å²) < 4.78 is 44.0. The van der Waals surface area contributed by atoms with E-state index in [1.165, 1.54) is 0 Å². The number of aryl methyl sites for hydroxylation is 1. The van der Waals surface area contributed by atoms with Crippen LogP contribution < -0.4 is 10.1 Å². The van der Waals surface area contributed by atoms with Gasteiger partial charge in [0.25, 0.3) is 0 Å². The van der Waals surface area contributed by atoms with E-state index >= 15 is 0 Å². The third kappa shape index (κ3) is 4.26. The van der Waals surface area contributed by atoms with Crippen LogP contribution in [0.4, 0.5) is 30.4 Å². The number of benzene rings is 2. The number of aromatic nitrogens is 3. The van der Waals surface area contributed by atoms with Gasteiger partial charge >= 0.3 is 17.7 Å². The van der Waals surface area contributed by atoms with E-state index in [0.717, 1.165) is 41.7 Å². The van der Waals surface area contributed by atoms with Crippen LogP contribution in [0.3, 0.4) is 0 Å². The highest BCUT2D eigenvalue weighted by atomic mass is 19.4. The van der Waals surface area contributed by atoms with Gasteiger partial charge in [0.15, 0.2) is 5.75 Å². The monoisotopic (exact) mass is 441 g/mol. The summed E-state index contributed by atoms with van der Waals surface area (Å²) in [6.45, 7) is 1.80. The van der Waals surface area contributed by atoms with Crippen LogP contribution in [0.15, 0.2) is 60.9 Å². The lowest BCUT2D eigenvalue weighted by Gasteiger charge is -2.11. The summed E-state index contributed by atoms with van der Waals surface area (Å²) in [7, 11) is 0. The van der Waals surface area contributed by atoms with Crippen LogP contribution in [-0.2, 0) is 6.18 Å². The van der Waals surface area contributed by atoms with Crippen molar-refractivity contribution in [2.75, 3.05) is 5.32 Å². The lowest BCUT2D eigenvalue weighted by molar-refractivity contribution is -0.385. The average Bonchev–Trinajstić information content (AvgIpc) is 2.74. The fraction of sp³-hybridized carbons (Fsp3) is 0.0952. The maximum absolute atomic E-state index is 12.8. The molecule has 0 saturated carbocycles. The normalized spacial score (nSPS) is 11.4. The Bertz CT molecular complexity index is 1310. The molecule has 2 aromatic carbocycles. The van der Waals surface area contributed by atoms with Crippen LogP contribution in [0.1, 0.15) is 11.3 Å². The molecule has 0 unspecified atom stereocenters. The molecule has 0 spiro atoms. The molecule has 1 N–H and O–H groups in total. The summed E-state index contributed by atoms with van der Waals surface area (Å²) in [6, 6.07) is 12.8. The quantitative estimate of drug-likeness (QED) is 0.309. The Hall–Kier alpha value is -4.28. The van der Waals surface area contributed by atoms with Crippen molar-refractivity contribution in [2.45, 2.75) is 13.1 Å². The van der Waals surface area contributed by atoms with Crippen LogP contribution in [0, 0.1) is 17.0 Å². The first kappa shape index (κ1) is 21.0. The van der Waals surface area contributed by atoms with Crippen molar-refractivity contribution in [3.63, 3.8) is 0 Å². The molecule has 8 nitrogen and oxygen atoms in total. The number of anilines is 2. The molecule has 2 heterocycles. The average molecular weight is 441 g/mol. The van der Waals surface area contributed by atoms with Crippen LogP contribution in [0.5, 0.6) is 11.6 Å². The van der Waals surface area contributed by atoms with Gasteiger partial charge in [-0.25, -0.2) is 9.97 Å². The molecule has 0 aliphatic carbocycles. The van der Waals surface area contributed by atoms with Crippen molar-refractivity contribution < 1.29 is 22.8 Å². The number of ether oxygens (including phenoxy) is 1. The van der Waals surface area contributed by atoms with E-state index in [0.29, 0.717) is 5.52 Å². The van der Waals surface area contributed by atoms with Crippen molar-refractivity contribution in [1.82, 2.24) is 15.0 Å². The smallest absolute Gasteiger partial charge is 0.416 e. The Labute approximate surface area is 178 Å². The number of para-hydroxylation sites is 1. The fourth-order valence-corrected chi connectivity index (χ4v) is 2.98. The van der Waals surface area contributed by atoms with E-state index < -0.39 is 22.4 Å². The molecule has 0 amide bonds.